The number of benzene rings is 2. The van der Waals surface area contributed by atoms with Gasteiger partial charge in [-0.1, -0.05) is 18.2 Å². The summed E-state index contributed by atoms with van der Waals surface area (Å²) in [5, 5.41) is 0. The lowest BCUT2D eigenvalue weighted by atomic mass is 10.0. The average molecular weight is 219 g/mol. The van der Waals surface area contributed by atoms with Crippen molar-refractivity contribution in [2.75, 3.05) is 5.73 Å². The molecule has 0 heterocycles. The zero-order chi connectivity index (χ0) is 11.7. The van der Waals surface area contributed by atoms with Crippen molar-refractivity contribution in [3.63, 3.8) is 0 Å². The molecule has 2 aromatic rings. The van der Waals surface area contributed by atoms with Crippen molar-refractivity contribution >= 4 is 5.69 Å². The number of hydrogen-bond donors (Lipinski definition) is 1. The molecule has 0 aromatic heterocycles. The van der Waals surface area contributed by atoms with Crippen molar-refractivity contribution in [2.24, 2.45) is 0 Å². The predicted octanol–water partition coefficient (Wildman–Crippen LogP) is 3.52. The first-order valence-corrected chi connectivity index (χ1v) is 4.90. The fourth-order valence-electron chi connectivity index (χ4n) is 1.57. The van der Waals surface area contributed by atoms with Gasteiger partial charge in [-0.2, -0.15) is 0 Å². The summed E-state index contributed by atoms with van der Waals surface area (Å²) in [7, 11) is 0. The molecule has 2 N–H and O–H groups in total. The Labute approximate surface area is 92.5 Å². The first kappa shape index (κ1) is 10.6. The van der Waals surface area contributed by atoms with Gasteiger partial charge in [0.25, 0.3) is 0 Å². The lowest BCUT2D eigenvalue weighted by Crippen LogP contribution is -1.93. The molecule has 0 unspecified atom stereocenters. The summed E-state index contributed by atoms with van der Waals surface area (Å²) in [5.41, 5.74) is 7.55. The summed E-state index contributed by atoms with van der Waals surface area (Å²) in [6.45, 7) is 1.84. The van der Waals surface area contributed by atoms with Crippen LogP contribution in [-0.4, -0.2) is 0 Å². The predicted molar refractivity (Wildman–Crippen MR) is 60.9 cm³/mol. The number of halogens is 2. The van der Waals surface area contributed by atoms with Crippen molar-refractivity contribution in [3.8, 4) is 11.1 Å². The number of hydrogen-bond acceptors (Lipinski definition) is 1. The van der Waals surface area contributed by atoms with Crippen molar-refractivity contribution in [1.29, 1.82) is 0 Å². The van der Waals surface area contributed by atoms with Gasteiger partial charge in [0.05, 0.1) is 5.56 Å². The van der Waals surface area contributed by atoms with Crippen LogP contribution in [0.25, 0.3) is 11.1 Å². The van der Waals surface area contributed by atoms with Gasteiger partial charge in [0.1, 0.15) is 11.6 Å². The third-order valence-electron chi connectivity index (χ3n) is 2.53. The van der Waals surface area contributed by atoms with E-state index in [0.29, 0.717) is 11.3 Å². The molecule has 0 saturated heterocycles. The SMILES string of the molecule is Cc1ccc(-c2c(F)cccc2F)cc1N. The average Bonchev–Trinajstić information content (AvgIpc) is 2.23. The largest absolute Gasteiger partial charge is 0.398 e. The molecule has 0 spiro atoms. The Morgan fingerprint density at radius 1 is 1.00 bits per heavy atom. The first-order valence-electron chi connectivity index (χ1n) is 4.90. The molecule has 0 saturated carbocycles. The van der Waals surface area contributed by atoms with Crippen LogP contribution in [-0.2, 0) is 0 Å². The lowest BCUT2D eigenvalue weighted by molar-refractivity contribution is 0.589. The van der Waals surface area contributed by atoms with E-state index in [1.807, 2.05) is 6.92 Å². The van der Waals surface area contributed by atoms with Gasteiger partial charge in [0.2, 0.25) is 0 Å². The Hall–Kier alpha value is -1.90. The quantitative estimate of drug-likeness (QED) is 0.729. The number of nitrogens with two attached hydrogens (primary N) is 1. The zero-order valence-electron chi connectivity index (χ0n) is 8.80. The summed E-state index contributed by atoms with van der Waals surface area (Å²) < 4.78 is 27.0. The van der Waals surface area contributed by atoms with Gasteiger partial charge in [-0.25, -0.2) is 8.78 Å². The van der Waals surface area contributed by atoms with Crippen LogP contribution >= 0.6 is 0 Å². The summed E-state index contributed by atoms with van der Waals surface area (Å²) in [6.07, 6.45) is 0. The highest BCUT2D eigenvalue weighted by molar-refractivity contribution is 5.69. The van der Waals surface area contributed by atoms with E-state index >= 15 is 0 Å². The molecular formula is C13H11F2N. The Morgan fingerprint density at radius 3 is 2.19 bits per heavy atom. The number of rotatable bonds is 1. The molecule has 16 heavy (non-hydrogen) atoms. The van der Waals surface area contributed by atoms with Crippen molar-refractivity contribution < 1.29 is 8.78 Å². The van der Waals surface area contributed by atoms with E-state index in [1.54, 1.807) is 18.2 Å². The van der Waals surface area contributed by atoms with E-state index in [4.69, 9.17) is 5.73 Å². The van der Waals surface area contributed by atoms with Gasteiger partial charge in [-0.3, -0.25) is 0 Å². The molecule has 82 valence electrons. The molecular weight excluding hydrogens is 208 g/mol. The van der Waals surface area contributed by atoms with Gasteiger partial charge >= 0.3 is 0 Å². The molecule has 2 aromatic carbocycles. The molecule has 0 fully saturated rings. The maximum absolute atomic E-state index is 13.5. The number of anilines is 1. The van der Waals surface area contributed by atoms with Gasteiger partial charge in [-0.15, -0.1) is 0 Å². The Morgan fingerprint density at radius 2 is 1.62 bits per heavy atom. The van der Waals surface area contributed by atoms with Crippen LogP contribution in [0.1, 0.15) is 5.56 Å². The second kappa shape index (κ2) is 3.93. The zero-order valence-corrected chi connectivity index (χ0v) is 8.80. The standard InChI is InChI=1S/C13H11F2N/c1-8-5-6-9(7-12(8)16)13-10(14)3-2-4-11(13)15/h2-7H,16H2,1H3. The summed E-state index contributed by atoms with van der Waals surface area (Å²) in [6, 6.07) is 8.79. The van der Waals surface area contributed by atoms with Crippen LogP contribution in [0.2, 0.25) is 0 Å². The first-order chi connectivity index (χ1) is 7.59. The summed E-state index contributed by atoms with van der Waals surface area (Å²) in [4.78, 5) is 0. The van der Waals surface area contributed by atoms with Gasteiger partial charge in [0.15, 0.2) is 0 Å². The molecule has 0 aliphatic heterocycles. The molecule has 0 aliphatic rings. The Balaban J connectivity index is 2.63. The van der Waals surface area contributed by atoms with E-state index in [2.05, 4.69) is 0 Å². The van der Waals surface area contributed by atoms with E-state index < -0.39 is 11.6 Å². The van der Waals surface area contributed by atoms with E-state index in [9.17, 15) is 8.78 Å². The van der Waals surface area contributed by atoms with Crippen LogP contribution < -0.4 is 5.73 Å². The highest BCUT2D eigenvalue weighted by Crippen LogP contribution is 2.28. The summed E-state index contributed by atoms with van der Waals surface area (Å²) in [5.74, 6) is -1.16. The third kappa shape index (κ3) is 1.76. The van der Waals surface area contributed by atoms with Crippen molar-refractivity contribution in [2.45, 2.75) is 6.92 Å². The Bertz CT molecular complexity index is 515. The molecule has 3 heteroatoms. The second-order valence-corrected chi connectivity index (χ2v) is 3.67. The second-order valence-electron chi connectivity index (χ2n) is 3.67. The van der Waals surface area contributed by atoms with Crippen molar-refractivity contribution in [3.05, 3.63) is 53.6 Å². The maximum atomic E-state index is 13.5. The van der Waals surface area contributed by atoms with Crippen LogP contribution in [0.5, 0.6) is 0 Å². The number of nitrogen functional groups attached to an aromatic ring is 1. The molecule has 0 atom stereocenters. The molecule has 2 rings (SSSR count). The lowest BCUT2D eigenvalue weighted by Gasteiger charge is -2.07. The molecule has 0 aliphatic carbocycles. The van der Waals surface area contributed by atoms with Crippen LogP contribution in [0.15, 0.2) is 36.4 Å². The van der Waals surface area contributed by atoms with Gasteiger partial charge in [0, 0.05) is 5.69 Å². The molecule has 0 radical (unpaired) electrons. The van der Waals surface area contributed by atoms with Crippen LogP contribution in [0.4, 0.5) is 14.5 Å². The highest BCUT2D eigenvalue weighted by Gasteiger charge is 2.11. The minimum Gasteiger partial charge on any atom is -0.398 e. The highest BCUT2D eigenvalue weighted by atomic mass is 19.1. The minimum atomic E-state index is -0.580. The fraction of sp³-hybridized carbons (Fsp3) is 0.0769. The molecule has 0 bridgehead atoms. The normalized spacial score (nSPS) is 10.4. The van der Waals surface area contributed by atoms with Crippen LogP contribution in [0, 0.1) is 18.6 Å². The molecule has 0 amide bonds. The molecule has 1 nitrogen and oxygen atoms in total. The fourth-order valence-corrected chi connectivity index (χ4v) is 1.57. The van der Waals surface area contributed by atoms with Gasteiger partial charge in [-0.05, 0) is 36.2 Å². The van der Waals surface area contributed by atoms with E-state index in [1.165, 1.54) is 18.2 Å². The minimum absolute atomic E-state index is 0.0331. The number of aryl methyl sites for hydroxylation is 1. The monoisotopic (exact) mass is 219 g/mol. The summed E-state index contributed by atoms with van der Waals surface area (Å²) >= 11 is 0. The van der Waals surface area contributed by atoms with Crippen molar-refractivity contribution in [1.82, 2.24) is 0 Å². The topological polar surface area (TPSA) is 26.0 Å². The van der Waals surface area contributed by atoms with E-state index in [-0.39, 0.29) is 5.56 Å². The maximum Gasteiger partial charge on any atom is 0.133 e. The van der Waals surface area contributed by atoms with Gasteiger partial charge < -0.3 is 5.73 Å². The third-order valence-corrected chi connectivity index (χ3v) is 2.53. The smallest absolute Gasteiger partial charge is 0.133 e. The van der Waals surface area contributed by atoms with Crippen LogP contribution in [0.3, 0.4) is 0 Å². The Kier molecular flexibility index (Phi) is 2.60. The van der Waals surface area contributed by atoms with E-state index in [0.717, 1.165) is 5.56 Å².